The zero-order valence-corrected chi connectivity index (χ0v) is 18.6. The normalized spacial score (nSPS) is 15.2. The molecule has 8 heteroatoms. The average molecular weight is 450 g/mol. The number of ether oxygens (including phenoxy) is 1. The van der Waals surface area contributed by atoms with E-state index < -0.39 is 0 Å². The van der Waals surface area contributed by atoms with E-state index in [0.717, 1.165) is 59.6 Å². The van der Waals surface area contributed by atoms with Crippen LogP contribution in [0.4, 0.5) is 16.0 Å². The molecule has 1 fully saturated rings. The lowest BCUT2D eigenvalue weighted by atomic mass is 10.1. The Morgan fingerprint density at radius 1 is 1.19 bits per heavy atom. The van der Waals surface area contributed by atoms with Crippen LogP contribution >= 0.6 is 11.3 Å². The van der Waals surface area contributed by atoms with E-state index in [1.165, 1.54) is 12.1 Å². The lowest BCUT2D eigenvalue weighted by Gasteiger charge is -2.31. The lowest BCUT2D eigenvalue weighted by Crippen LogP contribution is -2.38. The minimum Gasteiger partial charge on any atom is -0.490 e. The molecule has 164 valence electrons. The summed E-state index contributed by atoms with van der Waals surface area (Å²) in [5.74, 6) is 0.915. The van der Waals surface area contributed by atoms with Crippen LogP contribution in [0, 0.1) is 5.82 Å². The van der Waals surface area contributed by atoms with Crippen molar-refractivity contribution in [3.05, 3.63) is 60.1 Å². The number of nitrogens with zero attached hydrogens (tertiary/aromatic N) is 4. The van der Waals surface area contributed by atoms with Gasteiger partial charge >= 0.3 is 0 Å². The lowest BCUT2D eigenvalue weighted by molar-refractivity contribution is 0.104. The maximum Gasteiger partial charge on any atom is 0.227 e. The van der Waals surface area contributed by atoms with E-state index in [2.05, 4.69) is 38.2 Å². The van der Waals surface area contributed by atoms with Crippen LogP contribution in [0.25, 0.3) is 21.3 Å². The third kappa shape index (κ3) is 4.56. The number of thiazole rings is 1. The second kappa shape index (κ2) is 9.18. The molecule has 0 atom stereocenters. The van der Waals surface area contributed by atoms with Crippen molar-refractivity contribution in [1.82, 2.24) is 19.9 Å². The van der Waals surface area contributed by atoms with Gasteiger partial charge in [-0.25, -0.2) is 14.4 Å². The first-order chi connectivity index (χ1) is 15.7. The topological polar surface area (TPSA) is 63.2 Å². The molecule has 0 unspecified atom stereocenters. The molecule has 5 rings (SSSR count). The highest BCUT2D eigenvalue weighted by atomic mass is 32.1. The second-order valence-corrected chi connectivity index (χ2v) is 8.74. The highest BCUT2D eigenvalue weighted by Crippen LogP contribution is 2.37. The molecule has 6 nitrogen and oxygen atoms in total. The quantitative estimate of drug-likeness (QED) is 0.419. The summed E-state index contributed by atoms with van der Waals surface area (Å²) in [4.78, 5) is 16.8. The largest absolute Gasteiger partial charge is 0.490 e. The number of nitrogens with one attached hydrogen (secondary N) is 1. The zero-order chi connectivity index (χ0) is 21.9. The number of benzene rings is 2. The van der Waals surface area contributed by atoms with Gasteiger partial charge in [0.15, 0.2) is 0 Å². The Balaban J connectivity index is 1.47. The van der Waals surface area contributed by atoms with Gasteiger partial charge in [0, 0.05) is 48.2 Å². The molecule has 1 saturated heterocycles. The Bertz CT molecular complexity index is 1210. The Morgan fingerprint density at radius 2 is 2.06 bits per heavy atom. The number of hydrogen-bond acceptors (Lipinski definition) is 7. The minimum absolute atomic E-state index is 0.175. The number of fused-ring (bicyclic) bond motifs is 1. The molecule has 1 aliphatic rings. The molecule has 0 radical (unpaired) electrons. The van der Waals surface area contributed by atoms with Crippen molar-refractivity contribution in [2.24, 2.45) is 0 Å². The third-order valence-electron chi connectivity index (χ3n) is 5.74. The summed E-state index contributed by atoms with van der Waals surface area (Å²) in [6.07, 6.45) is 5.82. The van der Waals surface area contributed by atoms with E-state index in [-0.39, 0.29) is 11.9 Å². The molecule has 2 aromatic carbocycles. The Hall–Kier alpha value is -3.10. The summed E-state index contributed by atoms with van der Waals surface area (Å²) >= 11 is 1.58. The van der Waals surface area contributed by atoms with E-state index in [9.17, 15) is 4.39 Å². The van der Waals surface area contributed by atoms with Gasteiger partial charge < -0.3 is 15.0 Å². The van der Waals surface area contributed by atoms with E-state index in [1.807, 2.05) is 17.8 Å². The number of halogens is 1. The molecule has 4 aromatic rings. The van der Waals surface area contributed by atoms with E-state index in [1.54, 1.807) is 29.7 Å². The molecule has 3 heterocycles. The third-order valence-corrected chi connectivity index (χ3v) is 6.54. The van der Waals surface area contributed by atoms with Gasteiger partial charge in [0.25, 0.3) is 0 Å². The number of aromatic nitrogens is 3. The molecule has 0 amide bonds. The van der Waals surface area contributed by atoms with Gasteiger partial charge in [-0.3, -0.25) is 4.98 Å². The van der Waals surface area contributed by atoms with Gasteiger partial charge in [0.1, 0.15) is 17.7 Å². The van der Waals surface area contributed by atoms with Gasteiger partial charge in [-0.1, -0.05) is 13.0 Å². The Kier molecular flexibility index (Phi) is 5.96. The van der Waals surface area contributed by atoms with Crippen LogP contribution in [0.2, 0.25) is 0 Å². The van der Waals surface area contributed by atoms with Gasteiger partial charge in [-0.15, -0.1) is 11.3 Å². The van der Waals surface area contributed by atoms with Gasteiger partial charge in [-0.2, -0.15) is 0 Å². The predicted octanol–water partition coefficient (Wildman–Crippen LogP) is 5.50. The fourth-order valence-electron chi connectivity index (χ4n) is 3.98. The van der Waals surface area contributed by atoms with Crippen LogP contribution in [-0.2, 0) is 0 Å². The summed E-state index contributed by atoms with van der Waals surface area (Å²) in [7, 11) is 0. The van der Waals surface area contributed by atoms with Crippen molar-refractivity contribution < 1.29 is 9.13 Å². The number of rotatable bonds is 6. The van der Waals surface area contributed by atoms with E-state index in [0.29, 0.717) is 11.6 Å². The number of anilines is 2. The summed E-state index contributed by atoms with van der Waals surface area (Å²) < 4.78 is 20.0. The molecule has 1 N–H and O–H groups in total. The molecule has 0 saturated carbocycles. The fourth-order valence-corrected chi connectivity index (χ4v) is 4.62. The number of hydrogen-bond donors (Lipinski definition) is 1. The van der Waals surface area contributed by atoms with Crippen LogP contribution in [0.1, 0.15) is 19.8 Å². The maximum atomic E-state index is 13.5. The van der Waals surface area contributed by atoms with Crippen molar-refractivity contribution >= 4 is 33.9 Å². The first-order valence-electron chi connectivity index (χ1n) is 10.8. The average Bonchev–Trinajstić information content (AvgIpc) is 3.34. The molecule has 0 aliphatic carbocycles. The highest BCUT2D eigenvalue weighted by Gasteiger charge is 2.21. The molecule has 0 spiro atoms. The SMILES string of the molecule is CCN1CCC(Oc2cc3nc(Nc4cccc(F)c4)ncc3cc2-c2cncs2)CC1. The molecule has 32 heavy (non-hydrogen) atoms. The predicted molar refractivity (Wildman–Crippen MR) is 126 cm³/mol. The summed E-state index contributed by atoms with van der Waals surface area (Å²) in [6.45, 7) is 5.37. The van der Waals surface area contributed by atoms with Crippen LogP contribution in [0.5, 0.6) is 5.75 Å². The molecular weight excluding hydrogens is 425 g/mol. The Morgan fingerprint density at radius 3 is 2.81 bits per heavy atom. The monoisotopic (exact) mass is 449 g/mol. The van der Waals surface area contributed by atoms with E-state index in [4.69, 9.17) is 4.74 Å². The molecule has 0 bridgehead atoms. The maximum absolute atomic E-state index is 13.5. The first-order valence-corrected chi connectivity index (χ1v) is 11.7. The number of likely N-dealkylation sites (tertiary alicyclic amines) is 1. The van der Waals surface area contributed by atoms with Crippen molar-refractivity contribution in [2.45, 2.75) is 25.9 Å². The van der Waals surface area contributed by atoms with Crippen molar-refractivity contribution in [2.75, 3.05) is 25.0 Å². The van der Waals surface area contributed by atoms with Gasteiger partial charge in [-0.05, 0) is 43.7 Å². The van der Waals surface area contributed by atoms with Gasteiger partial charge in [0.2, 0.25) is 5.95 Å². The van der Waals surface area contributed by atoms with Gasteiger partial charge in [0.05, 0.1) is 15.9 Å². The van der Waals surface area contributed by atoms with Crippen LogP contribution in [0.15, 0.2) is 54.3 Å². The summed E-state index contributed by atoms with van der Waals surface area (Å²) in [5.41, 5.74) is 4.20. The van der Waals surface area contributed by atoms with Crippen molar-refractivity contribution in [3.63, 3.8) is 0 Å². The first kappa shape index (κ1) is 20.8. The number of piperidine rings is 1. The van der Waals surface area contributed by atoms with Crippen LogP contribution in [-0.4, -0.2) is 45.6 Å². The molecule has 1 aliphatic heterocycles. The highest BCUT2D eigenvalue weighted by molar-refractivity contribution is 7.13. The standard InChI is InChI=1S/C24H24FN5OS/c1-2-30-8-6-19(7-9-30)31-22-12-21-16(10-20(22)23-14-26-15-32-23)13-27-24(29-21)28-18-5-3-4-17(25)11-18/h3-5,10-15,19H,2,6-9H2,1H3,(H,27,28,29). The smallest absolute Gasteiger partial charge is 0.227 e. The molecule has 2 aromatic heterocycles. The fraction of sp³-hybridized carbons (Fsp3) is 0.292. The second-order valence-electron chi connectivity index (χ2n) is 7.85. The van der Waals surface area contributed by atoms with E-state index >= 15 is 0 Å². The minimum atomic E-state index is -0.310. The van der Waals surface area contributed by atoms with Crippen molar-refractivity contribution in [1.29, 1.82) is 0 Å². The van der Waals surface area contributed by atoms with Crippen LogP contribution in [0.3, 0.4) is 0 Å². The summed E-state index contributed by atoms with van der Waals surface area (Å²) in [6, 6.07) is 10.3. The van der Waals surface area contributed by atoms with Crippen LogP contribution < -0.4 is 10.1 Å². The molecular formula is C24H24FN5OS. The summed E-state index contributed by atoms with van der Waals surface area (Å²) in [5, 5.41) is 3.98. The zero-order valence-electron chi connectivity index (χ0n) is 17.8. The Labute approximate surface area is 190 Å². The van der Waals surface area contributed by atoms with Crippen molar-refractivity contribution in [3.8, 4) is 16.2 Å².